The highest BCUT2D eigenvalue weighted by atomic mass is 32.2. The second-order valence-electron chi connectivity index (χ2n) is 5.93. The van der Waals surface area contributed by atoms with Gasteiger partial charge in [0.2, 0.25) is 0 Å². The Morgan fingerprint density at radius 3 is 2.68 bits per heavy atom. The second-order valence-corrected chi connectivity index (χ2v) is 7.26. The molecule has 0 bridgehead atoms. The Bertz CT molecular complexity index is 1050. The van der Waals surface area contributed by atoms with Crippen molar-refractivity contribution in [2.24, 2.45) is 0 Å². The number of aryl methyl sites for hydroxylation is 1. The lowest BCUT2D eigenvalue weighted by Crippen LogP contribution is -2.06. The van der Waals surface area contributed by atoms with Crippen LogP contribution < -0.4 is 0 Å². The fraction of sp³-hybridized carbons (Fsp3) is 0.222. The summed E-state index contributed by atoms with van der Waals surface area (Å²) < 4.78 is 28.2. The van der Waals surface area contributed by atoms with Crippen molar-refractivity contribution in [1.82, 2.24) is 19.5 Å². The van der Waals surface area contributed by atoms with Gasteiger partial charge in [0.25, 0.3) is 0 Å². The van der Waals surface area contributed by atoms with Crippen LogP contribution in [0.3, 0.4) is 0 Å². The van der Waals surface area contributed by atoms with Crippen LogP contribution in [0.4, 0.5) is 8.78 Å². The van der Waals surface area contributed by atoms with Crippen LogP contribution in [0.25, 0.3) is 22.1 Å². The van der Waals surface area contributed by atoms with E-state index in [0.717, 1.165) is 21.2 Å². The van der Waals surface area contributed by atoms with Crippen LogP contribution >= 0.6 is 11.8 Å². The van der Waals surface area contributed by atoms with Gasteiger partial charge in [-0.15, -0.1) is 0 Å². The first kappa shape index (κ1) is 16.1. The lowest BCUT2D eigenvalue weighted by Gasteiger charge is -2.12. The van der Waals surface area contributed by atoms with Crippen LogP contribution in [-0.2, 0) is 0 Å². The molecule has 0 saturated heterocycles. The van der Waals surface area contributed by atoms with Gasteiger partial charge < -0.3 is 4.98 Å². The highest BCUT2D eigenvalue weighted by molar-refractivity contribution is 7.99. The lowest BCUT2D eigenvalue weighted by atomic mass is 10.2. The van der Waals surface area contributed by atoms with E-state index in [2.05, 4.69) is 15.0 Å². The Balaban J connectivity index is 1.71. The van der Waals surface area contributed by atoms with Gasteiger partial charge in [-0.1, -0.05) is 30.0 Å². The summed E-state index contributed by atoms with van der Waals surface area (Å²) in [6, 6.07) is 12.9. The van der Waals surface area contributed by atoms with Crippen LogP contribution in [0, 0.1) is 6.92 Å². The summed E-state index contributed by atoms with van der Waals surface area (Å²) in [6.07, 6.45) is 0. The van der Waals surface area contributed by atoms with Crippen LogP contribution in [0.2, 0.25) is 0 Å². The van der Waals surface area contributed by atoms with E-state index in [9.17, 15) is 8.78 Å². The molecule has 0 unspecified atom stereocenters. The van der Waals surface area contributed by atoms with Crippen molar-refractivity contribution in [3.63, 3.8) is 0 Å². The molecular weight excluding hydrogens is 342 g/mol. The number of nitrogens with zero attached hydrogens (tertiary/aromatic N) is 3. The first-order valence-corrected chi connectivity index (χ1v) is 8.79. The molecule has 7 heteroatoms. The number of aromatic amines is 1. The topological polar surface area (TPSA) is 46.5 Å². The van der Waals surface area contributed by atoms with Gasteiger partial charge in [-0.2, -0.15) is 8.78 Å². The van der Waals surface area contributed by atoms with E-state index in [1.54, 1.807) is 24.3 Å². The van der Waals surface area contributed by atoms with Crippen molar-refractivity contribution in [3.05, 3.63) is 53.9 Å². The van der Waals surface area contributed by atoms with Gasteiger partial charge >= 0.3 is 6.55 Å². The van der Waals surface area contributed by atoms with E-state index in [1.807, 2.05) is 32.0 Å². The standard InChI is InChI=1S/C18H16F2N4S/c1-10-7-8-12-14(9-10)23-18(22-12)25-11(2)16-21-13-5-3-4-6-15(13)24(16)17(19)20/h3-9,11,17H,1-2H3,(H,22,23)/t11-/m0/s1. The van der Waals surface area contributed by atoms with Crippen molar-refractivity contribution < 1.29 is 8.78 Å². The number of benzene rings is 2. The smallest absolute Gasteiger partial charge is 0.320 e. The molecule has 25 heavy (non-hydrogen) atoms. The number of alkyl halides is 2. The molecule has 4 nitrogen and oxygen atoms in total. The van der Waals surface area contributed by atoms with Gasteiger partial charge in [-0.25, -0.2) is 9.97 Å². The molecule has 0 saturated carbocycles. The molecule has 0 aliphatic carbocycles. The predicted molar refractivity (Wildman–Crippen MR) is 96.1 cm³/mol. The Kier molecular flexibility index (Phi) is 3.95. The lowest BCUT2D eigenvalue weighted by molar-refractivity contribution is 0.0715. The number of hydrogen-bond acceptors (Lipinski definition) is 3. The summed E-state index contributed by atoms with van der Waals surface area (Å²) in [7, 11) is 0. The summed E-state index contributed by atoms with van der Waals surface area (Å²) >= 11 is 1.39. The van der Waals surface area contributed by atoms with Crippen molar-refractivity contribution in [2.75, 3.05) is 0 Å². The zero-order valence-corrected chi connectivity index (χ0v) is 14.5. The summed E-state index contributed by atoms with van der Waals surface area (Å²) in [4.78, 5) is 12.2. The predicted octanol–water partition coefficient (Wildman–Crippen LogP) is 5.47. The van der Waals surface area contributed by atoms with E-state index < -0.39 is 6.55 Å². The third kappa shape index (κ3) is 2.89. The second kappa shape index (κ2) is 6.15. The molecule has 1 N–H and O–H groups in total. The maximum Gasteiger partial charge on any atom is 0.320 e. The number of rotatable bonds is 4. The Labute approximate surface area is 147 Å². The third-order valence-electron chi connectivity index (χ3n) is 4.09. The van der Waals surface area contributed by atoms with E-state index in [1.165, 1.54) is 11.8 Å². The maximum atomic E-state index is 13.6. The summed E-state index contributed by atoms with van der Waals surface area (Å²) in [5, 5.41) is 0.420. The molecule has 0 fully saturated rings. The molecule has 4 rings (SSSR count). The number of H-pyrrole nitrogens is 1. The molecule has 0 aliphatic heterocycles. The normalized spacial score (nSPS) is 13.2. The molecule has 1 atom stereocenters. The van der Waals surface area contributed by atoms with Crippen molar-refractivity contribution in [1.29, 1.82) is 0 Å². The number of hydrogen-bond donors (Lipinski definition) is 1. The first-order chi connectivity index (χ1) is 12.0. The molecule has 128 valence electrons. The van der Waals surface area contributed by atoms with Gasteiger partial charge in [0.15, 0.2) is 5.16 Å². The summed E-state index contributed by atoms with van der Waals surface area (Å²) in [5.74, 6) is 0.345. The molecule has 0 radical (unpaired) electrons. The quantitative estimate of drug-likeness (QED) is 0.492. The minimum atomic E-state index is -2.64. The fourth-order valence-corrected chi connectivity index (χ4v) is 3.86. The molecule has 0 aliphatic rings. The van der Waals surface area contributed by atoms with Gasteiger partial charge in [-0.05, 0) is 43.7 Å². The fourth-order valence-electron chi connectivity index (χ4n) is 2.93. The van der Waals surface area contributed by atoms with Gasteiger partial charge in [0.1, 0.15) is 5.82 Å². The number of nitrogens with one attached hydrogen (secondary N) is 1. The SMILES string of the molecule is Cc1ccc2nc(S[C@@H](C)c3nc4ccccc4n3C(F)F)[nH]c2c1. The number of thioether (sulfide) groups is 1. The Morgan fingerprint density at radius 2 is 1.88 bits per heavy atom. The minimum Gasteiger partial charge on any atom is -0.333 e. The van der Waals surface area contributed by atoms with Crippen LogP contribution in [0.1, 0.15) is 30.1 Å². The largest absolute Gasteiger partial charge is 0.333 e. The average Bonchev–Trinajstić information content (AvgIpc) is 3.14. The molecule has 0 amide bonds. The van der Waals surface area contributed by atoms with Crippen LogP contribution in [-0.4, -0.2) is 19.5 Å². The van der Waals surface area contributed by atoms with Crippen molar-refractivity contribution in [3.8, 4) is 0 Å². The number of fused-ring (bicyclic) bond motifs is 2. The Hall–Kier alpha value is -2.41. The Morgan fingerprint density at radius 1 is 1.08 bits per heavy atom. The summed E-state index contributed by atoms with van der Waals surface area (Å²) in [6.45, 7) is 1.24. The molecule has 0 spiro atoms. The first-order valence-electron chi connectivity index (χ1n) is 7.91. The zero-order chi connectivity index (χ0) is 17.6. The molecular formula is C18H16F2N4S. The third-order valence-corrected chi connectivity index (χ3v) is 5.07. The number of imidazole rings is 2. The highest BCUT2D eigenvalue weighted by Crippen LogP contribution is 2.37. The zero-order valence-electron chi connectivity index (χ0n) is 13.7. The van der Waals surface area contributed by atoms with Gasteiger partial charge in [0.05, 0.1) is 27.3 Å². The highest BCUT2D eigenvalue weighted by Gasteiger charge is 2.23. The molecule has 2 aromatic carbocycles. The van der Waals surface area contributed by atoms with Gasteiger partial charge in [-0.3, -0.25) is 4.57 Å². The average molecular weight is 358 g/mol. The summed E-state index contributed by atoms with van der Waals surface area (Å²) in [5.41, 5.74) is 3.96. The van der Waals surface area contributed by atoms with Crippen molar-refractivity contribution in [2.45, 2.75) is 30.8 Å². The number of halogens is 2. The van der Waals surface area contributed by atoms with Gasteiger partial charge in [0, 0.05) is 0 Å². The molecule has 2 heterocycles. The number of para-hydroxylation sites is 2. The van der Waals surface area contributed by atoms with E-state index >= 15 is 0 Å². The monoisotopic (exact) mass is 358 g/mol. The molecule has 4 aromatic rings. The van der Waals surface area contributed by atoms with E-state index in [0.29, 0.717) is 22.0 Å². The van der Waals surface area contributed by atoms with E-state index in [-0.39, 0.29) is 5.25 Å². The number of aromatic nitrogens is 4. The van der Waals surface area contributed by atoms with Crippen LogP contribution in [0.5, 0.6) is 0 Å². The minimum absolute atomic E-state index is 0.275. The van der Waals surface area contributed by atoms with E-state index in [4.69, 9.17) is 0 Å². The van der Waals surface area contributed by atoms with Crippen LogP contribution in [0.15, 0.2) is 47.6 Å². The maximum absolute atomic E-state index is 13.6. The molecule has 2 aromatic heterocycles. The van der Waals surface area contributed by atoms with Crippen molar-refractivity contribution >= 4 is 33.8 Å².